The number of aromatic nitrogens is 2. The van der Waals surface area contributed by atoms with Crippen molar-refractivity contribution in [2.45, 2.75) is 19.8 Å². The fraction of sp³-hybridized carbons (Fsp3) is 0.692. The third-order valence-electron chi connectivity index (χ3n) is 3.63. The van der Waals surface area contributed by atoms with E-state index in [1.807, 2.05) is 13.0 Å². The van der Waals surface area contributed by atoms with Crippen LogP contribution < -0.4 is 10.2 Å². The molecule has 1 saturated carbocycles. The van der Waals surface area contributed by atoms with Gasteiger partial charge in [-0.15, -0.1) is 5.10 Å². The number of anilines is 1. The molecule has 92 valence electrons. The van der Waals surface area contributed by atoms with Gasteiger partial charge < -0.3 is 10.2 Å². The minimum atomic E-state index is 0.789. The van der Waals surface area contributed by atoms with Gasteiger partial charge in [0.25, 0.3) is 0 Å². The van der Waals surface area contributed by atoms with E-state index >= 15 is 0 Å². The van der Waals surface area contributed by atoms with Gasteiger partial charge >= 0.3 is 0 Å². The maximum Gasteiger partial charge on any atom is 0.151 e. The Labute approximate surface area is 102 Å². The second-order valence-electron chi connectivity index (χ2n) is 5.41. The van der Waals surface area contributed by atoms with Gasteiger partial charge in [0.15, 0.2) is 5.82 Å². The molecule has 2 heterocycles. The van der Waals surface area contributed by atoms with Gasteiger partial charge in [-0.3, -0.25) is 0 Å². The van der Waals surface area contributed by atoms with Crippen LogP contribution in [0, 0.1) is 18.8 Å². The van der Waals surface area contributed by atoms with Crippen molar-refractivity contribution in [1.82, 2.24) is 15.5 Å². The fourth-order valence-corrected chi connectivity index (χ4v) is 2.26. The summed E-state index contributed by atoms with van der Waals surface area (Å²) in [6.45, 7) is 6.59. The lowest BCUT2D eigenvalue weighted by Gasteiger charge is -2.40. The lowest BCUT2D eigenvalue weighted by atomic mass is 10.0. The molecule has 1 N–H and O–H groups in total. The van der Waals surface area contributed by atoms with Crippen LogP contribution in [0.5, 0.6) is 0 Å². The molecular weight excluding hydrogens is 212 g/mol. The minimum Gasteiger partial charge on any atom is -0.354 e. The molecule has 0 amide bonds. The Balaban J connectivity index is 1.39. The first-order chi connectivity index (χ1) is 8.31. The molecule has 0 atom stereocenters. The summed E-state index contributed by atoms with van der Waals surface area (Å²) in [6, 6.07) is 4.09. The van der Waals surface area contributed by atoms with Crippen molar-refractivity contribution < 1.29 is 0 Å². The average molecular weight is 232 g/mol. The summed E-state index contributed by atoms with van der Waals surface area (Å²) < 4.78 is 0. The smallest absolute Gasteiger partial charge is 0.151 e. The molecule has 1 aliphatic heterocycles. The number of hydrogen-bond acceptors (Lipinski definition) is 4. The van der Waals surface area contributed by atoms with E-state index in [0.717, 1.165) is 43.0 Å². The molecule has 2 aliphatic rings. The first-order valence-corrected chi connectivity index (χ1v) is 6.57. The van der Waals surface area contributed by atoms with Gasteiger partial charge in [-0.25, -0.2) is 0 Å². The number of aryl methyl sites for hydroxylation is 1. The van der Waals surface area contributed by atoms with Gasteiger partial charge in [-0.1, -0.05) is 0 Å². The zero-order valence-corrected chi connectivity index (χ0v) is 10.4. The SMILES string of the molecule is Cc1ccc(N2CC(CNCC3CC3)C2)nn1. The van der Waals surface area contributed by atoms with Crippen LogP contribution in [0.4, 0.5) is 5.82 Å². The van der Waals surface area contributed by atoms with Gasteiger partial charge in [-0.2, -0.15) is 5.10 Å². The first-order valence-electron chi connectivity index (χ1n) is 6.57. The number of rotatable bonds is 5. The predicted octanol–water partition coefficient (Wildman–Crippen LogP) is 1.22. The van der Waals surface area contributed by atoms with E-state index in [2.05, 4.69) is 26.5 Å². The number of nitrogens with one attached hydrogen (secondary N) is 1. The Bertz CT molecular complexity index is 366. The Hall–Kier alpha value is -1.16. The van der Waals surface area contributed by atoms with Crippen LogP contribution >= 0.6 is 0 Å². The summed E-state index contributed by atoms with van der Waals surface area (Å²) in [4.78, 5) is 2.30. The van der Waals surface area contributed by atoms with E-state index in [9.17, 15) is 0 Å². The standard InChI is InChI=1S/C13H20N4/c1-10-2-5-13(16-15-10)17-8-12(9-17)7-14-6-11-3-4-11/h2,5,11-12,14H,3-4,6-9H2,1H3. The first kappa shape index (κ1) is 11.0. The molecule has 0 aromatic carbocycles. The maximum atomic E-state index is 4.21. The van der Waals surface area contributed by atoms with Gasteiger partial charge in [0.05, 0.1) is 5.69 Å². The third-order valence-corrected chi connectivity index (χ3v) is 3.63. The third kappa shape index (κ3) is 2.75. The van der Waals surface area contributed by atoms with Crippen LogP contribution in [0.1, 0.15) is 18.5 Å². The van der Waals surface area contributed by atoms with Crippen molar-refractivity contribution in [3.05, 3.63) is 17.8 Å². The Morgan fingerprint density at radius 3 is 2.59 bits per heavy atom. The topological polar surface area (TPSA) is 41.0 Å². The van der Waals surface area contributed by atoms with E-state index in [4.69, 9.17) is 0 Å². The second-order valence-corrected chi connectivity index (χ2v) is 5.41. The van der Waals surface area contributed by atoms with Crippen LogP contribution in [0.2, 0.25) is 0 Å². The maximum absolute atomic E-state index is 4.21. The fourth-order valence-electron chi connectivity index (χ4n) is 2.26. The van der Waals surface area contributed by atoms with E-state index in [1.54, 1.807) is 0 Å². The van der Waals surface area contributed by atoms with Crippen molar-refractivity contribution in [1.29, 1.82) is 0 Å². The van der Waals surface area contributed by atoms with E-state index in [1.165, 1.54) is 19.4 Å². The molecule has 1 saturated heterocycles. The van der Waals surface area contributed by atoms with Gasteiger partial charge in [0, 0.05) is 25.6 Å². The number of nitrogens with zero attached hydrogens (tertiary/aromatic N) is 3. The average Bonchev–Trinajstić information content (AvgIpc) is 3.07. The molecule has 0 radical (unpaired) electrons. The van der Waals surface area contributed by atoms with Crippen LogP contribution in [0.25, 0.3) is 0 Å². The summed E-state index contributed by atoms with van der Waals surface area (Å²) in [5.74, 6) is 2.79. The summed E-state index contributed by atoms with van der Waals surface area (Å²) >= 11 is 0. The second kappa shape index (κ2) is 4.61. The number of hydrogen-bond donors (Lipinski definition) is 1. The molecule has 4 heteroatoms. The van der Waals surface area contributed by atoms with Crippen molar-refractivity contribution in [2.24, 2.45) is 11.8 Å². The summed E-state index contributed by atoms with van der Waals surface area (Å²) in [7, 11) is 0. The minimum absolute atomic E-state index is 0.789. The predicted molar refractivity (Wildman–Crippen MR) is 68.1 cm³/mol. The molecular formula is C13H20N4. The Morgan fingerprint density at radius 1 is 1.18 bits per heavy atom. The van der Waals surface area contributed by atoms with E-state index in [-0.39, 0.29) is 0 Å². The quantitative estimate of drug-likeness (QED) is 0.829. The van der Waals surface area contributed by atoms with Gasteiger partial charge in [0.2, 0.25) is 0 Å². The molecule has 1 aliphatic carbocycles. The van der Waals surface area contributed by atoms with E-state index < -0.39 is 0 Å². The Kier molecular flexibility index (Phi) is 2.97. The summed E-state index contributed by atoms with van der Waals surface area (Å²) in [5, 5.41) is 11.9. The normalized spacial score (nSPS) is 20.4. The molecule has 17 heavy (non-hydrogen) atoms. The van der Waals surface area contributed by atoms with Crippen LogP contribution in [0.3, 0.4) is 0 Å². The zero-order chi connectivity index (χ0) is 11.7. The molecule has 0 bridgehead atoms. The molecule has 1 aromatic heterocycles. The molecule has 2 fully saturated rings. The highest BCUT2D eigenvalue weighted by Crippen LogP contribution is 2.28. The monoisotopic (exact) mass is 232 g/mol. The van der Waals surface area contributed by atoms with Crippen LogP contribution in [0.15, 0.2) is 12.1 Å². The van der Waals surface area contributed by atoms with E-state index in [0.29, 0.717) is 0 Å². The van der Waals surface area contributed by atoms with Crippen molar-refractivity contribution in [3.8, 4) is 0 Å². The van der Waals surface area contributed by atoms with Crippen molar-refractivity contribution >= 4 is 5.82 Å². The van der Waals surface area contributed by atoms with Gasteiger partial charge in [-0.05, 0) is 44.4 Å². The largest absolute Gasteiger partial charge is 0.354 e. The molecule has 0 unspecified atom stereocenters. The molecule has 0 spiro atoms. The van der Waals surface area contributed by atoms with Crippen LogP contribution in [-0.2, 0) is 0 Å². The molecule has 3 rings (SSSR count). The van der Waals surface area contributed by atoms with Gasteiger partial charge in [0.1, 0.15) is 0 Å². The highest BCUT2D eigenvalue weighted by molar-refractivity contribution is 5.40. The summed E-state index contributed by atoms with van der Waals surface area (Å²) in [5.41, 5.74) is 0.983. The highest BCUT2D eigenvalue weighted by atomic mass is 15.3. The molecule has 4 nitrogen and oxygen atoms in total. The van der Waals surface area contributed by atoms with Crippen molar-refractivity contribution in [2.75, 3.05) is 31.1 Å². The molecule has 1 aromatic rings. The van der Waals surface area contributed by atoms with Crippen LogP contribution in [-0.4, -0.2) is 36.4 Å². The lowest BCUT2D eigenvalue weighted by Crippen LogP contribution is -2.51. The Morgan fingerprint density at radius 2 is 1.94 bits per heavy atom. The van der Waals surface area contributed by atoms with Crippen molar-refractivity contribution in [3.63, 3.8) is 0 Å². The highest BCUT2D eigenvalue weighted by Gasteiger charge is 2.28. The summed E-state index contributed by atoms with van der Waals surface area (Å²) in [6.07, 6.45) is 2.87. The zero-order valence-electron chi connectivity index (χ0n) is 10.4. The lowest BCUT2D eigenvalue weighted by molar-refractivity contribution is 0.379.